The Hall–Kier alpha value is -4.38. The fraction of sp³-hybridized carbons (Fsp3) is 0.621. The molecule has 0 aliphatic carbocycles. The number of hydrogen-bond acceptors (Lipinski definition) is 9. The molecule has 0 spiro atoms. The van der Waals surface area contributed by atoms with Gasteiger partial charge in [0.25, 0.3) is 0 Å². The molecule has 0 saturated carbocycles. The SMILES string of the molecule is CCCCCCCCCCCCOc1cc(C(=O)Oc2ccc(OC(=O)c3cn(-c4ccc(Br)cc4)nn3)cc2)cc(OCCCCCCCCCCCC)c1OCCCCCCCCCCCC. The van der Waals surface area contributed by atoms with Crippen LogP contribution in [0.2, 0.25) is 0 Å². The molecular weight excluding hydrogens is 931 g/mol. The summed E-state index contributed by atoms with van der Waals surface area (Å²) in [6.45, 7) is 8.37. The highest BCUT2D eigenvalue weighted by atomic mass is 79.9. The number of nitrogens with zero attached hydrogens (tertiary/aromatic N) is 3. The average Bonchev–Trinajstić information content (AvgIpc) is 3.86. The number of esters is 2. The molecule has 3 aromatic carbocycles. The van der Waals surface area contributed by atoms with Gasteiger partial charge >= 0.3 is 11.9 Å². The molecule has 0 aliphatic heterocycles. The molecule has 1 heterocycles. The molecule has 10 nitrogen and oxygen atoms in total. The van der Waals surface area contributed by atoms with Crippen LogP contribution in [0.1, 0.15) is 234 Å². The Morgan fingerprint density at radius 2 is 0.826 bits per heavy atom. The van der Waals surface area contributed by atoms with Crippen LogP contribution < -0.4 is 23.7 Å². The van der Waals surface area contributed by atoms with Crippen LogP contribution in [0.4, 0.5) is 0 Å². The van der Waals surface area contributed by atoms with Crippen LogP contribution in [-0.4, -0.2) is 46.8 Å². The van der Waals surface area contributed by atoms with Crippen LogP contribution in [0.3, 0.4) is 0 Å². The Kier molecular flexibility index (Phi) is 30.3. The van der Waals surface area contributed by atoms with E-state index in [1.54, 1.807) is 36.4 Å². The lowest BCUT2D eigenvalue weighted by atomic mass is 10.1. The first-order valence-corrected chi connectivity index (χ1v) is 28.0. The Morgan fingerprint density at radius 3 is 1.23 bits per heavy atom. The van der Waals surface area contributed by atoms with E-state index in [1.165, 1.54) is 165 Å². The lowest BCUT2D eigenvalue weighted by Crippen LogP contribution is -2.12. The Labute approximate surface area is 424 Å². The van der Waals surface area contributed by atoms with E-state index in [0.29, 0.717) is 48.4 Å². The number of hydrogen-bond donors (Lipinski definition) is 0. The second-order valence-corrected chi connectivity index (χ2v) is 19.6. The first kappa shape index (κ1) is 57.2. The van der Waals surface area contributed by atoms with Crippen LogP contribution in [0, 0.1) is 0 Å². The molecule has 0 amide bonds. The van der Waals surface area contributed by atoms with E-state index < -0.39 is 11.9 Å². The largest absolute Gasteiger partial charge is 0.490 e. The van der Waals surface area contributed by atoms with Gasteiger partial charge in [-0.3, -0.25) is 0 Å². The van der Waals surface area contributed by atoms with Gasteiger partial charge in [0.2, 0.25) is 5.75 Å². The van der Waals surface area contributed by atoms with Crippen molar-refractivity contribution in [2.75, 3.05) is 19.8 Å². The van der Waals surface area contributed by atoms with Crippen molar-refractivity contribution in [2.24, 2.45) is 0 Å². The van der Waals surface area contributed by atoms with Crippen molar-refractivity contribution in [3.05, 3.63) is 82.6 Å². The van der Waals surface area contributed by atoms with Crippen LogP contribution in [-0.2, 0) is 0 Å². The highest BCUT2D eigenvalue weighted by Crippen LogP contribution is 2.40. The van der Waals surface area contributed by atoms with Crippen LogP contribution in [0.15, 0.2) is 71.3 Å². The van der Waals surface area contributed by atoms with E-state index in [4.69, 9.17) is 23.7 Å². The maximum Gasteiger partial charge on any atom is 0.365 e. The molecule has 4 aromatic rings. The fourth-order valence-electron chi connectivity index (χ4n) is 8.34. The van der Waals surface area contributed by atoms with Crippen LogP contribution in [0.5, 0.6) is 28.7 Å². The Balaban J connectivity index is 1.41. The third-order valence-electron chi connectivity index (χ3n) is 12.6. The average molecular weight is 1020 g/mol. The lowest BCUT2D eigenvalue weighted by molar-refractivity contribution is 0.0715. The quantitative estimate of drug-likeness (QED) is 0.0244. The normalized spacial score (nSPS) is 11.2. The van der Waals surface area contributed by atoms with Gasteiger partial charge in [0.05, 0.1) is 37.3 Å². The van der Waals surface area contributed by atoms with Gasteiger partial charge in [-0.1, -0.05) is 215 Å². The summed E-state index contributed by atoms with van der Waals surface area (Å²) in [5.41, 5.74) is 1.12. The van der Waals surface area contributed by atoms with Crippen molar-refractivity contribution in [3.8, 4) is 34.4 Å². The van der Waals surface area contributed by atoms with Crippen molar-refractivity contribution >= 4 is 27.9 Å². The number of carbonyl (C=O) groups excluding carboxylic acids is 2. The second-order valence-electron chi connectivity index (χ2n) is 18.7. The zero-order valence-electron chi connectivity index (χ0n) is 42.8. The van der Waals surface area contributed by atoms with E-state index >= 15 is 0 Å². The molecule has 0 bridgehead atoms. The maximum absolute atomic E-state index is 13.9. The number of rotatable bonds is 41. The Bertz CT molecular complexity index is 1900. The molecule has 1 aromatic heterocycles. The lowest BCUT2D eigenvalue weighted by Gasteiger charge is -2.19. The van der Waals surface area contributed by atoms with Gasteiger partial charge in [0.15, 0.2) is 17.2 Å². The minimum absolute atomic E-state index is 0.0572. The molecule has 0 atom stereocenters. The Morgan fingerprint density at radius 1 is 0.464 bits per heavy atom. The van der Waals surface area contributed by atoms with Crippen molar-refractivity contribution in [2.45, 2.75) is 213 Å². The third-order valence-corrected chi connectivity index (χ3v) is 13.1. The fourth-order valence-corrected chi connectivity index (χ4v) is 8.60. The first-order valence-electron chi connectivity index (χ1n) is 27.2. The van der Waals surface area contributed by atoms with Gasteiger partial charge in [-0.05, 0) is 79.9 Å². The van der Waals surface area contributed by atoms with Crippen LogP contribution >= 0.6 is 15.9 Å². The molecule has 0 radical (unpaired) electrons. The molecule has 0 aliphatic rings. The standard InChI is InChI=1S/C58H86BrN3O7/c1-4-7-10-13-16-19-22-25-28-31-42-65-54-45-48(57(63)68-51-38-40-52(41-39-51)69-58(64)53-47-62(61-60-53)50-36-34-49(59)35-37-50)46-55(66-43-32-29-26-23-20-17-14-11-8-5-2)56(54)67-44-33-30-27-24-21-18-15-12-9-6-3/h34-41,45-47H,4-33,42-44H2,1-3H3. The van der Waals surface area contributed by atoms with E-state index in [1.807, 2.05) is 24.3 Å². The minimum Gasteiger partial charge on any atom is -0.490 e. The van der Waals surface area contributed by atoms with Gasteiger partial charge in [-0.2, -0.15) is 0 Å². The summed E-state index contributed by atoms with van der Waals surface area (Å²) in [6, 6.07) is 17.3. The summed E-state index contributed by atoms with van der Waals surface area (Å²) in [5.74, 6) is 0.918. The molecule has 0 fully saturated rings. The zero-order chi connectivity index (χ0) is 49.0. The van der Waals surface area contributed by atoms with Crippen LogP contribution in [0.25, 0.3) is 5.69 Å². The summed E-state index contributed by atoms with van der Waals surface area (Å²) >= 11 is 3.43. The van der Waals surface area contributed by atoms with Gasteiger partial charge in [-0.15, -0.1) is 5.10 Å². The highest BCUT2D eigenvalue weighted by Gasteiger charge is 2.21. The topological polar surface area (TPSA) is 111 Å². The van der Waals surface area contributed by atoms with Crippen molar-refractivity contribution in [1.29, 1.82) is 0 Å². The van der Waals surface area contributed by atoms with Crippen molar-refractivity contribution in [1.82, 2.24) is 15.0 Å². The highest BCUT2D eigenvalue weighted by molar-refractivity contribution is 9.10. The summed E-state index contributed by atoms with van der Waals surface area (Å²) in [5, 5.41) is 8.06. The van der Waals surface area contributed by atoms with E-state index in [-0.39, 0.29) is 11.4 Å². The molecule has 11 heteroatoms. The zero-order valence-corrected chi connectivity index (χ0v) is 44.3. The summed E-state index contributed by atoms with van der Waals surface area (Å²) < 4.78 is 33.4. The number of halogens is 1. The minimum atomic E-state index is -0.658. The summed E-state index contributed by atoms with van der Waals surface area (Å²) in [6.07, 6.45) is 38.6. The van der Waals surface area contributed by atoms with E-state index in [2.05, 4.69) is 47.0 Å². The number of carbonyl (C=O) groups is 2. The molecular formula is C58H86BrN3O7. The summed E-state index contributed by atoms with van der Waals surface area (Å²) in [4.78, 5) is 26.9. The van der Waals surface area contributed by atoms with Gasteiger partial charge in [-0.25, -0.2) is 14.3 Å². The smallest absolute Gasteiger partial charge is 0.365 e. The van der Waals surface area contributed by atoms with E-state index in [0.717, 1.165) is 48.7 Å². The van der Waals surface area contributed by atoms with Gasteiger partial charge in [0.1, 0.15) is 11.5 Å². The molecule has 382 valence electrons. The monoisotopic (exact) mass is 1020 g/mol. The number of unbranched alkanes of at least 4 members (excludes halogenated alkanes) is 27. The second kappa shape index (κ2) is 36.5. The molecule has 4 rings (SSSR count). The predicted octanol–water partition coefficient (Wildman–Crippen LogP) is 17.4. The molecule has 69 heavy (non-hydrogen) atoms. The van der Waals surface area contributed by atoms with Crippen molar-refractivity contribution < 1.29 is 33.3 Å². The van der Waals surface area contributed by atoms with E-state index in [9.17, 15) is 9.59 Å². The molecule has 0 unspecified atom stereocenters. The van der Waals surface area contributed by atoms with Gasteiger partial charge < -0.3 is 23.7 Å². The predicted molar refractivity (Wildman–Crippen MR) is 284 cm³/mol. The number of benzene rings is 3. The van der Waals surface area contributed by atoms with Gasteiger partial charge in [0, 0.05) is 4.47 Å². The number of ether oxygens (including phenoxy) is 5. The molecule has 0 N–H and O–H groups in total. The summed E-state index contributed by atoms with van der Waals surface area (Å²) in [7, 11) is 0. The third kappa shape index (κ3) is 24.3. The number of aromatic nitrogens is 3. The first-order chi connectivity index (χ1) is 33.9. The molecule has 0 saturated heterocycles. The van der Waals surface area contributed by atoms with Crippen molar-refractivity contribution in [3.63, 3.8) is 0 Å². The maximum atomic E-state index is 13.9.